The summed E-state index contributed by atoms with van der Waals surface area (Å²) in [7, 11) is 0. The van der Waals surface area contributed by atoms with Gasteiger partial charge in [0.2, 0.25) is 0 Å². The second-order valence-electron chi connectivity index (χ2n) is 9.08. The molecule has 0 unspecified atom stereocenters. The van der Waals surface area contributed by atoms with E-state index in [1.807, 2.05) is 24.3 Å². The number of rotatable bonds is 8. The summed E-state index contributed by atoms with van der Waals surface area (Å²) in [4.78, 5) is 25.8. The Balaban J connectivity index is 1.61. The van der Waals surface area contributed by atoms with Crippen molar-refractivity contribution in [2.24, 2.45) is 0 Å². The lowest BCUT2D eigenvalue weighted by molar-refractivity contribution is -0.130. The molecular formula is C33H29NO4. The lowest BCUT2D eigenvalue weighted by Crippen LogP contribution is -2.11. The maximum atomic E-state index is 11.9. The van der Waals surface area contributed by atoms with Crippen molar-refractivity contribution in [1.29, 1.82) is 0 Å². The second kappa shape index (κ2) is 11.4. The third-order valence-corrected chi connectivity index (χ3v) is 5.82. The summed E-state index contributed by atoms with van der Waals surface area (Å²) in [6.07, 6.45) is 0. The maximum Gasteiger partial charge on any atom is 0.338 e. The minimum absolute atomic E-state index is 0.345. The van der Waals surface area contributed by atoms with Crippen LogP contribution in [-0.4, -0.2) is 11.9 Å². The third kappa shape index (κ3) is 6.26. The predicted molar refractivity (Wildman–Crippen MR) is 152 cm³/mol. The first-order valence-corrected chi connectivity index (χ1v) is 12.1. The van der Waals surface area contributed by atoms with Gasteiger partial charge in [-0.3, -0.25) is 0 Å². The fraction of sp³-hybridized carbons (Fsp3) is 0.0909. The summed E-state index contributed by atoms with van der Waals surface area (Å²) >= 11 is 0. The number of ether oxygens (including phenoxy) is 2. The van der Waals surface area contributed by atoms with Crippen LogP contribution in [-0.2, 0) is 9.59 Å². The fourth-order valence-corrected chi connectivity index (χ4v) is 3.71. The van der Waals surface area contributed by atoms with Crippen molar-refractivity contribution in [3.63, 3.8) is 0 Å². The smallest absolute Gasteiger partial charge is 0.338 e. The molecule has 190 valence electrons. The van der Waals surface area contributed by atoms with Crippen molar-refractivity contribution in [3.05, 3.63) is 127 Å². The average Bonchev–Trinajstić information content (AvgIpc) is 2.91. The van der Waals surface area contributed by atoms with Crippen molar-refractivity contribution in [2.75, 3.05) is 4.90 Å². The first-order chi connectivity index (χ1) is 18.2. The standard InChI is InChI=1S/C33H29NO4/c1-22(2)32(35)37-30-18-10-26(11-19-30)25-8-14-28(15-9-25)34(27-12-6-24(5)7-13-27)29-16-20-31(21-17-29)38-33(36)23(3)4/h6-21H,1,3H2,2,4-5H3. The lowest BCUT2D eigenvalue weighted by atomic mass is 10.0. The molecule has 0 aliphatic heterocycles. The van der Waals surface area contributed by atoms with Crippen molar-refractivity contribution >= 4 is 29.0 Å². The van der Waals surface area contributed by atoms with Gasteiger partial charge in [-0.25, -0.2) is 9.59 Å². The Hall–Kier alpha value is -4.90. The summed E-state index contributed by atoms with van der Waals surface area (Å²) in [5, 5.41) is 0. The van der Waals surface area contributed by atoms with Crippen LogP contribution in [0.15, 0.2) is 121 Å². The molecule has 0 heterocycles. The number of esters is 2. The van der Waals surface area contributed by atoms with Crippen molar-refractivity contribution in [2.45, 2.75) is 20.8 Å². The highest BCUT2D eigenvalue weighted by atomic mass is 16.5. The van der Waals surface area contributed by atoms with Crippen LogP contribution in [0.25, 0.3) is 11.1 Å². The first-order valence-electron chi connectivity index (χ1n) is 12.1. The van der Waals surface area contributed by atoms with Crippen LogP contribution in [0.1, 0.15) is 19.4 Å². The topological polar surface area (TPSA) is 55.8 Å². The van der Waals surface area contributed by atoms with Crippen molar-refractivity contribution in [1.82, 2.24) is 0 Å². The molecule has 0 radical (unpaired) electrons. The van der Waals surface area contributed by atoms with Crippen LogP contribution in [0, 0.1) is 6.92 Å². The van der Waals surface area contributed by atoms with Gasteiger partial charge in [0.15, 0.2) is 0 Å². The van der Waals surface area contributed by atoms with E-state index in [1.165, 1.54) is 5.56 Å². The van der Waals surface area contributed by atoms with Crippen LogP contribution < -0.4 is 14.4 Å². The number of carbonyl (C=O) groups is 2. The number of benzene rings is 4. The van der Waals surface area contributed by atoms with E-state index in [2.05, 4.69) is 73.5 Å². The number of anilines is 3. The Morgan fingerprint density at radius 1 is 0.553 bits per heavy atom. The number of nitrogens with zero attached hydrogens (tertiary/aromatic N) is 1. The van der Waals surface area contributed by atoms with Gasteiger partial charge in [-0.1, -0.05) is 55.1 Å². The number of aryl methyl sites for hydroxylation is 1. The van der Waals surface area contributed by atoms with Gasteiger partial charge < -0.3 is 14.4 Å². The minimum Gasteiger partial charge on any atom is -0.423 e. The molecule has 0 atom stereocenters. The molecule has 0 aliphatic carbocycles. The molecule has 38 heavy (non-hydrogen) atoms. The number of hydrogen-bond acceptors (Lipinski definition) is 5. The Morgan fingerprint density at radius 3 is 1.26 bits per heavy atom. The second-order valence-corrected chi connectivity index (χ2v) is 9.08. The summed E-state index contributed by atoms with van der Waals surface area (Å²) in [5.74, 6) is 0.0330. The molecule has 0 N–H and O–H groups in total. The minimum atomic E-state index is -0.453. The lowest BCUT2D eigenvalue weighted by Gasteiger charge is -2.26. The highest BCUT2D eigenvalue weighted by Crippen LogP contribution is 2.36. The molecule has 0 amide bonds. The normalized spacial score (nSPS) is 10.4. The monoisotopic (exact) mass is 503 g/mol. The highest BCUT2D eigenvalue weighted by Gasteiger charge is 2.14. The molecule has 5 heteroatoms. The van der Waals surface area contributed by atoms with E-state index in [1.54, 1.807) is 38.1 Å². The van der Waals surface area contributed by atoms with Gasteiger partial charge in [0, 0.05) is 28.2 Å². The fourth-order valence-electron chi connectivity index (χ4n) is 3.71. The summed E-state index contributed by atoms with van der Waals surface area (Å²) in [6, 6.07) is 31.2. The Kier molecular flexibility index (Phi) is 7.88. The Morgan fingerprint density at radius 2 is 0.868 bits per heavy atom. The molecule has 0 saturated carbocycles. The maximum absolute atomic E-state index is 11.9. The predicted octanol–water partition coefficient (Wildman–Crippen LogP) is 8.09. The first kappa shape index (κ1) is 26.2. The molecule has 4 aromatic rings. The molecule has 0 spiro atoms. The van der Waals surface area contributed by atoms with Crippen molar-refractivity contribution in [3.8, 4) is 22.6 Å². The van der Waals surface area contributed by atoms with E-state index < -0.39 is 11.9 Å². The molecule has 0 aliphatic rings. The molecule has 0 aromatic heterocycles. The zero-order chi connectivity index (χ0) is 27.2. The van der Waals surface area contributed by atoms with E-state index in [9.17, 15) is 9.59 Å². The Bertz CT molecular complexity index is 1470. The largest absolute Gasteiger partial charge is 0.423 e. The van der Waals surface area contributed by atoms with Gasteiger partial charge in [-0.2, -0.15) is 0 Å². The SMILES string of the molecule is C=C(C)C(=O)Oc1ccc(-c2ccc(N(c3ccc(C)cc3)c3ccc(OC(=O)C(=C)C)cc3)cc2)cc1. The molecule has 4 aromatic carbocycles. The van der Waals surface area contributed by atoms with Gasteiger partial charge in [0.05, 0.1) is 0 Å². The van der Waals surface area contributed by atoms with E-state index >= 15 is 0 Å². The summed E-state index contributed by atoms with van der Waals surface area (Å²) in [5.41, 5.74) is 6.77. The van der Waals surface area contributed by atoms with Gasteiger partial charge in [0.1, 0.15) is 11.5 Å². The summed E-state index contributed by atoms with van der Waals surface area (Å²) < 4.78 is 10.6. The molecule has 4 rings (SSSR count). The molecule has 0 bridgehead atoms. The average molecular weight is 504 g/mol. The quantitative estimate of drug-likeness (QED) is 0.138. The number of hydrogen-bond donors (Lipinski definition) is 0. The van der Waals surface area contributed by atoms with Crippen LogP contribution in [0.4, 0.5) is 17.1 Å². The molecule has 0 fully saturated rings. The van der Waals surface area contributed by atoms with E-state index in [0.29, 0.717) is 22.6 Å². The van der Waals surface area contributed by atoms with Gasteiger partial charge in [-0.05, 0) is 92.6 Å². The molecule has 5 nitrogen and oxygen atoms in total. The van der Waals surface area contributed by atoms with Crippen molar-refractivity contribution < 1.29 is 19.1 Å². The van der Waals surface area contributed by atoms with E-state index in [0.717, 1.165) is 28.2 Å². The zero-order valence-corrected chi connectivity index (χ0v) is 21.7. The van der Waals surface area contributed by atoms with E-state index in [4.69, 9.17) is 9.47 Å². The van der Waals surface area contributed by atoms with Gasteiger partial charge >= 0.3 is 11.9 Å². The van der Waals surface area contributed by atoms with E-state index in [-0.39, 0.29) is 0 Å². The Labute approximate surface area is 223 Å². The summed E-state index contributed by atoms with van der Waals surface area (Å²) in [6.45, 7) is 12.5. The molecule has 0 saturated heterocycles. The van der Waals surface area contributed by atoms with Crippen LogP contribution in [0.2, 0.25) is 0 Å². The van der Waals surface area contributed by atoms with Crippen LogP contribution in [0.5, 0.6) is 11.5 Å². The molecular weight excluding hydrogens is 474 g/mol. The zero-order valence-electron chi connectivity index (χ0n) is 21.7. The van der Waals surface area contributed by atoms with Gasteiger partial charge in [-0.15, -0.1) is 0 Å². The number of carbonyl (C=O) groups excluding carboxylic acids is 2. The van der Waals surface area contributed by atoms with Gasteiger partial charge in [0.25, 0.3) is 0 Å². The van der Waals surface area contributed by atoms with Crippen LogP contribution in [0.3, 0.4) is 0 Å². The third-order valence-electron chi connectivity index (χ3n) is 5.82. The van der Waals surface area contributed by atoms with Crippen LogP contribution >= 0.6 is 0 Å². The highest BCUT2D eigenvalue weighted by molar-refractivity contribution is 5.89.